The summed E-state index contributed by atoms with van der Waals surface area (Å²) < 4.78 is 0. The van der Waals surface area contributed by atoms with Crippen molar-refractivity contribution in [3.05, 3.63) is 145 Å². The fourth-order valence-electron chi connectivity index (χ4n) is 6.69. The van der Waals surface area contributed by atoms with Crippen LogP contribution >= 0.6 is 15.1 Å². The zero-order valence-electron chi connectivity index (χ0n) is 22.6. The Morgan fingerprint density at radius 3 is 0.950 bits per heavy atom. The molecule has 0 aliphatic rings. The molecule has 40 heavy (non-hydrogen) atoms. The fraction of sp³-hybridized carbons (Fsp3) is 0.0526. The number of fused-ring (bicyclic) bond motifs is 6. The molecule has 8 rings (SSSR count). The van der Waals surface area contributed by atoms with E-state index in [2.05, 4.69) is 147 Å². The summed E-state index contributed by atoms with van der Waals surface area (Å²) in [6, 6.07) is 50.2. The van der Waals surface area contributed by atoms with Gasteiger partial charge in [0.05, 0.1) is 0 Å². The molecule has 0 radical (unpaired) electrons. The summed E-state index contributed by atoms with van der Waals surface area (Å²) in [7, 11) is -1.33. The third-order valence-corrected chi connectivity index (χ3v) is 13.6. The highest BCUT2D eigenvalue weighted by Gasteiger charge is 2.23. The van der Waals surface area contributed by atoms with Gasteiger partial charge in [0.1, 0.15) is 0 Å². The molecule has 190 valence electrons. The van der Waals surface area contributed by atoms with Crippen LogP contribution in [0.4, 0.5) is 0 Å². The summed E-state index contributed by atoms with van der Waals surface area (Å²) in [5.41, 5.74) is 5.57. The maximum absolute atomic E-state index is 2.41. The minimum absolute atomic E-state index is 0.667. The summed E-state index contributed by atoms with van der Waals surface area (Å²) in [4.78, 5) is 0. The molecule has 6 aromatic carbocycles. The quantitative estimate of drug-likeness (QED) is 0.207. The lowest BCUT2D eigenvalue weighted by atomic mass is 9.96. The van der Waals surface area contributed by atoms with Gasteiger partial charge in [0.2, 0.25) is 0 Å². The summed E-state index contributed by atoms with van der Waals surface area (Å²) >= 11 is 0. The van der Waals surface area contributed by atoms with Crippen LogP contribution in [0.3, 0.4) is 0 Å². The molecule has 8 aromatic rings. The zero-order chi connectivity index (χ0) is 26.8. The predicted molar refractivity (Wildman–Crippen MR) is 179 cm³/mol. The van der Waals surface area contributed by atoms with E-state index in [1.54, 1.807) is 0 Å². The average Bonchev–Trinajstić information content (AvgIpc) is 3.50. The van der Waals surface area contributed by atoms with E-state index in [0.717, 1.165) is 0 Å². The number of rotatable bonds is 3. The van der Waals surface area contributed by atoms with E-state index in [9.17, 15) is 0 Å². The first-order valence-electron chi connectivity index (χ1n) is 13.9. The van der Waals surface area contributed by atoms with Crippen LogP contribution in [0.25, 0.3) is 63.8 Å². The first kappa shape index (κ1) is 23.8. The van der Waals surface area contributed by atoms with Crippen LogP contribution in [0.15, 0.2) is 133 Å². The van der Waals surface area contributed by atoms with Gasteiger partial charge in [0.25, 0.3) is 0 Å². The van der Waals surface area contributed by atoms with E-state index in [4.69, 9.17) is 0 Å². The Hall–Kier alpha value is -4.08. The van der Waals surface area contributed by atoms with Crippen molar-refractivity contribution in [1.29, 1.82) is 0 Å². The molecule has 0 unspecified atom stereocenters. The molecule has 0 spiro atoms. The Bertz CT molecular complexity index is 1970. The molecular formula is C38H28P2. The second kappa shape index (κ2) is 9.25. The first-order valence-corrected chi connectivity index (χ1v) is 16.6. The topological polar surface area (TPSA) is 0 Å². The lowest BCUT2D eigenvalue weighted by Crippen LogP contribution is -1.91. The van der Waals surface area contributed by atoms with Gasteiger partial charge >= 0.3 is 0 Å². The summed E-state index contributed by atoms with van der Waals surface area (Å²) in [5, 5.41) is 14.4. The van der Waals surface area contributed by atoms with Crippen LogP contribution in [0, 0.1) is 13.8 Å². The van der Waals surface area contributed by atoms with Crippen LogP contribution in [-0.2, 0) is 0 Å². The molecule has 0 aliphatic heterocycles. The Kier molecular flexibility index (Phi) is 5.50. The van der Waals surface area contributed by atoms with Gasteiger partial charge in [-0.2, -0.15) is 0 Å². The van der Waals surface area contributed by atoms with Crippen molar-refractivity contribution < 1.29 is 0 Å². The number of aryl methyl sites for hydroxylation is 2. The molecular weight excluding hydrogens is 518 g/mol. The summed E-state index contributed by atoms with van der Waals surface area (Å²) in [6.45, 7) is 4.62. The standard InChI is InChI=1S/C38H28P2/c1-25-13-11-23-35(39-31-19-7-3-15-27(31)28-16-4-8-20-32(28)39)37(25)38-26(2)14-12-24-36(38)40-33-21-9-5-17-29(33)30-18-6-10-22-34(30)40/h3-24H,1-2H3. The number of hydrogen-bond donors (Lipinski definition) is 0. The van der Waals surface area contributed by atoms with Crippen molar-refractivity contribution in [3.8, 4) is 21.7 Å². The third kappa shape index (κ3) is 3.40. The van der Waals surface area contributed by atoms with E-state index in [1.807, 2.05) is 0 Å². The van der Waals surface area contributed by atoms with Crippen molar-refractivity contribution in [3.63, 3.8) is 0 Å². The van der Waals surface area contributed by atoms with E-state index >= 15 is 0 Å². The molecule has 2 heterocycles. The van der Waals surface area contributed by atoms with Gasteiger partial charge in [0.15, 0.2) is 0 Å². The third-order valence-electron chi connectivity index (χ3n) is 8.39. The molecule has 0 atom stereocenters. The average molecular weight is 547 g/mol. The SMILES string of the molecule is Cc1cccc(-p2c3ccccc3c3ccccc32)c1-c1c(C)cccc1-p1c2ccccc2c2ccccc21. The van der Waals surface area contributed by atoms with Crippen molar-refractivity contribution in [2.24, 2.45) is 0 Å². The lowest BCUT2D eigenvalue weighted by Gasteiger charge is -2.20. The Labute approximate surface area is 236 Å². The van der Waals surface area contributed by atoms with Crippen LogP contribution in [0.2, 0.25) is 0 Å². The number of benzene rings is 6. The van der Waals surface area contributed by atoms with Crippen molar-refractivity contribution in [2.75, 3.05) is 0 Å². The highest BCUT2D eigenvalue weighted by Crippen LogP contribution is 2.62. The number of hydrogen-bond acceptors (Lipinski definition) is 0. The van der Waals surface area contributed by atoms with Crippen molar-refractivity contribution in [2.45, 2.75) is 13.8 Å². The molecule has 2 heteroatoms. The van der Waals surface area contributed by atoms with E-state index in [-0.39, 0.29) is 0 Å². The highest BCUT2D eigenvalue weighted by atomic mass is 31.1. The van der Waals surface area contributed by atoms with Gasteiger partial charge in [-0.3, -0.25) is 0 Å². The maximum atomic E-state index is 2.41. The van der Waals surface area contributed by atoms with Crippen LogP contribution in [-0.4, -0.2) is 0 Å². The molecule has 0 bridgehead atoms. The Morgan fingerprint density at radius 1 is 0.325 bits per heavy atom. The molecule has 0 amide bonds. The maximum Gasteiger partial charge on any atom is 0.00712 e. The second-order valence-electron chi connectivity index (χ2n) is 10.7. The lowest BCUT2D eigenvalue weighted by molar-refractivity contribution is 1.43. The minimum Gasteiger partial charge on any atom is -0.0766 e. The Balaban J connectivity index is 1.52. The van der Waals surface area contributed by atoms with Gasteiger partial charge < -0.3 is 0 Å². The normalized spacial score (nSPS) is 11.8. The minimum atomic E-state index is -0.667. The first-order chi connectivity index (χ1) is 19.7. The monoisotopic (exact) mass is 546 g/mol. The summed E-state index contributed by atoms with van der Waals surface area (Å²) in [5.74, 6) is 0. The molecule has 0 nitrogen and oxygen atoms in total. The molecule has 0 aliphatic carbocycles. The zero-order valence-corrected chi connectivity index (χ0v) is 24.4. The Morgan fingerprint density at radius 2 is 0.625 bits per heavy atom. The van der Waals surface area contributed by atoms with Crippen molar-refractivity contribution in [1.82, 2.24) is 0 Å². The van der Waals surface area contributed by atoms with Crippen LogP contribution in [0.1, 0.15) is 11.1 Å². The van der Waals surface area contributed by atoms with Crippen LogP contribution in [0.5, 0.6) is 0 Å². The van der Waals surface area contributed by atoms with Crippen LogP contribution < -0.4 is 0 Å². The van der Waals surface area contributed by atoms with Gasteiger partial charge in [0, 0.05) is 31.1 Å². The largest absolute Gasteiger partial charge is 0.0766 e. The smallest absolute Gasteiger partial charge is 0.00712 e. The molecule has 0 N–H and O–H groups in total. The highest BCUT2D eigenvalue weighted by molar-refractivity contribution is 7.69. The van der Waals surface area contributed by atoms with Gasteiger partial charge in [-0.25, -0.2) is 0 Å². The second-order valence-corrected chi connectivity index (χ2v) is 14.9. The van der Waals surface area contributed by atoms with Crippen molar-refractivity contribution >= 4 is 57.1 Å². The molecule has 0 saturated heterocycles. The molecule has 0 fully saturated rings. The van der Waals surface area contributed by atoms with Gasteiger partial charge in [-0.15, -0.1) is 0 Å². The molecule has 0 saturated carbocycles. The van der Waals surface area contributed by atoms with Gasteiger partial charge in [-0.1, -0.05) is 136 Å². The predicted octanol–water partition coefficient (Wildman–Crippen LogP) is 12.5. The fourth-order valence-corrected chi connectivity index (χ4v) is 12.4. The molecule has 2 aromatic heterocycles. The van der Waals surface area contributed by atoms with E-state index in [0.29, 0.717) is 0 Å². The van der Waals surface area contributed by atoms with E-state index < -0.39 is 15.1 Å². The summed E-state index contributed by atoms with van der Waals surface area (Å²) in [6.07, 6.45) is 0. The van der Waals surface area contributed by atoms with E-state index in [1.165, 1.54) is 74.9 Å². The van der Waals surface area contributed by atoms with Gasteiger partial charge in [-0.05, 0) is 69.8 Å².